The fraction of sp³-hybridized carbons (Fsp3) is 0.588. The monoisotopic (exact) mass is 274 g/mol. The van der Waals surface area contributed by atoms with Crippen LogP contribution in [0.2, 0.25) is 0 Å². The van der Waals surface area contributed by atoms with Crippen LogP contribution in [0.15, 0.2) is 24.3 Å². The molecule has 1 saturated carbocycles. The lowest BCUT2D eigenvalue weighted by molar-refractivity contribution is -0.135. The van der Waals surface area contributed by atoms with Crippen LogP contribution in [0, 0.1) is 12.8 Å². The molecule has 0 spiro atoms. The number of hydrogen-bond donors (Lipinski definition) is 1. The normalized spacial score (nSPS) is 17.6. The van der Waals surface area contributed by atoms with E-state index >= 15 is 0 Å². The van der Waals surface area contributed by atoms with Crippen molar-refractivity contribution in [3.63, 3.8) is 0 Å². The lowest BCUT2D eigenvalue weighted by Crippen LogP contribution is -2.47. The van der Waals surface area contributed by atoms with E-state index in [4.69, 9.17) is 5.73 Å². The average molecular weight is 274 g/mol. The maximum Gasteiger partial charge on any atom is 0.240 e. The summed E-state index contributed by atoms with van der Waals surface area (Å²) >= 11 is 0. The van der Waals surface area contributed by atoms with Crippen LogP contribution in [0.25, 0.3) is 0 Å². The predicted octanol–water partition coefficient (Wildman–Crippen LogP) is 2.86. The molecule has 1 aliphatic carbocycles. The molecule has 0 heterocycles. The Hall–Kier alpha value is -1.35. The van der Waals surface area contributed by atoms with Crippen molar-refractivity contribution in [3.8, 4) is 0 Å². The molecule has 1 aromatic carbocycles. The number of benzene rings is 1. The number of amides is 1. The first-order chi connectivity index (χ1) is 9.52. The van der Waals surface area contributed by atoms with E-state index in [0.29, 0.717) is 12.6 Å². The molecule has 0 aliphatic heterocycles. The Morgan fingerprint density at radius 2 is 1.95 bits per heavy atom. The van der Waals surface area contributed by atoms with Crippen LogP contribution in [-0.2, 0) is 11.3 Å². The molecule has 20 heavy (non-hydrogen) atoms. The van der Waals surface area contributed by atoms with Gasteiger partial charge in [-0.25, -0.2) is 0 Å². The van der Waals surface area contributed by atoms with E-state index in [-0.39, 0.29) is 17.9 Å². The number of carbonyl (C=O) groups excluding carboxylic acids is 1. The van der Waals surface area contributed by atoms with E-state index in [1.165, 1.54) is 11.1 Å². The second kappa shape index (κ2) is 6.40. The molecule has 3 heteroatoms. The molecule has 2 N–H and O–H groups in total. The van der Waals surface area contributed by atoms with Crippen LogP contribution in [0.3, 0.4) is 0 Å². The van der Waals surface area contributed by atoms with Gasteiger partial charge in [0, 0.05) is 12.6 Å². The molecule has 0 saturated heterocycles. The maximum absolute atomic E-state index is 12.6. The first kappa shape index (κ1) is 15.0. The van der Waals surface area contributed by atoms with Crippen LogP contribution < -0.4 is 5.73 Å². The van der Waals surface area contributed by atoms with Crippen LogP contribution in [0.4, 0.5) is 0 Å². The highest BCUT2D eigenvalue weighted by molar-refractivity contribution is 5.82. The Kier molecular flexibility index (Phi) is 4.81. The van der Waals surface area contributed by atoms with Gasteiger partial charge in [0.05, 0.1) is 6.04 Å². The molecule has 0 aromatic heterocycles. The van der Waals surface area contributed by atoms with Crippen molar-refractivity contribution in [1.82, 2.24) is 4.90 Å². The molecule has 1 aromatic rings. The summed E-state index contributed by atoms with van der Waals surface area (Å²) in [5.74, 6) is 0.351. The highest BCUT2D eigenvalue weighted by atomic mass is 16.2. The summed E-state index contributed by atoms with van der Waals surface area (Å²) in [6, 6.07) is 8.43. The van der Waals surface area contributed by atoms with Gasteiger partial charge in [0.25, 0.3) is 0 Å². The molecule has 110 valence electrons. The van der Waals surface area contributed by atoms with Crippen LogP contribution in [0.5, 0.6) is 0 Å². The van der Waals surface area contributed by atoms with Crippen LogP contribution >= 0.6 is 0 Å². The van der Waals surface area contributed by atoms with Crippen molar-refractivity contribution in [3.05, 3.63) is 35.4 Å². The van der Waals surface area contributed by atoms with Crippen molar-refractivity contribution in [1.29, 1.82) is 0 Å². The molecular formula is C17H26N2O. The lowest BCUT2D eigenvalue weighted by Gasteiger charge is -2.28. The van der Waals surface area contributed by atoms with Crippen molar-refractivity contribution in [2.24, 2.45) is 11.7 Å². The number of aryl methyl sites for hydroxylation is 1. The molecule has 2 unspecified atom stereocenters. The van der Waals surface area contributed by atoms with Gasteiger partial charge < -0.3 is 10.6 Å². The Morgan fingerprint density at radius 1 is 1.35 bits per heavy atom. The van der Waals surface area contributed by atoms with Crippen molar-refractivity contribution in [2.75, 3.05) is 0 Å². The van der Waals surface area contributed by atoms with Gasteiger partial charge in [-0.15, -0.1) is 0 Å². The summed E-state index contributed by atoms with van der Waals surface area (Å²) in [5.41, 5.74) is 8.56. The minimum Gasteiger partial charge on any atom is -0.334 e. The molecule has 1 aliphatic rings. The average Bonchev–Trinajstić information content (AvgIpc) is 3.28. The van der Waals surface area contributed by atoms with Crippen molar-refractivity contribution >= 4 is 5.91 Å². The second-order valence-electron chi connectivity index (χ2n) is 6.09. The summed E-state index contributed by atoms with van der Waals surface area (Å²) < 4.78 is 0. The summed E-state index contributed by atoms with van der Waals surface area (Å²) in [4.78, 5) is 14.6. The number of rotatable bonds is 6. The topological polar surface area (TPSA) is 46.3 Å². The molecular weight excluding hydrogens is 248 g/mol. The number of nitrogens with zero attached hydrogens (tertiary/aromatic N) is 1. The standard InChI is InChI=1S/C17H26N2O/c1-4-13(3)16(18)17(20)19(15-9-10-15)11-14-7-5-12(2)6-8-14/h5-8,13,15-16H,4,9-11,18H2,1-3H3. The van der Waals surface area contributed by atoms with Gasteiger partial charge in [0.2, 0.25) is 5.91 Å². The van der Waals surface area contributed by atoms with E-state index in [1.54, 1.807) is 0 Å². The van der Waals surface area contributed by atoms with Crippen molar-refractivity contribution < 1.29 is 4.79 Å². The molecule has 2 rings (SSSR count). The van der Waals surface area contributed by atoms with Gasteiger partial charge in [-0.2, -0.15) is 0 Å². The Morgan fingerprint density at radius 3 is 2.45 bits per heavy atom. The van der Waals surface area contributed by atoms with Gasteiger partial charge in [-0.1, -0.05) is 50.1 Å². The van der Waals surface area contributed by atoms with Gasteiger partial charge in [0.15, 0.2) is 0 Å². The first-order valence-electron chi connectivity index (χ1n) is 7.64. The third kappa shape index (κ3) is 3.60. The Bertz CT molecular complexity index is 451. The number of carbonyl (C=O) groups is 1. The molecule has 1 fully saturated rings. The van der Waals surface area contributed by atoms with Gasteiger partial charge in [0.1, 0.15) is 0 Å². The third-order valence-electron chi connectivity index (χ3n) is 4.29. The molecule has 0 radical (unpaired) electrons. The molecule has 1 amide bonds. The van der Waals surface area contributed by atoms with E-state index in [0.717, 1.165) is 19.3 Å². The summed E-state index contributed by atoms with van der Waals surface area (Å²) in [7, 11) is 0. The van der Waals surface area contributed by atoms with Gasteiger partial charge in [-0.05, 0) is 31.2 Å². The minimum atomic E-state index is -0.369. The smallest absolute Gasteiger partial charge is 0.240 e. The largest absolute Gasteiger partial charge is 0.334 e. The quantitative estimate of drug-likeness (QED) is 0.867. The highest BCUT2D eigenvalue weighted by Crippen LogP contribution is 2.29. The zero-order chi connectivity index (χ0) is 14.7. The number of nitrogens with two attached hydrogens (primary N) is 1. The van der Waals surface area contributed by atoms with Crippen molar-refractivity contribution in [2.45, 2.75) is 58.7 Å². The zero-order valence-electron chi connectivity index (χ0n) is 12.8. The molecule has 3 nitrogen and oxygen atoms in total. The maximum atomic E-state index is 12.6. The molecule has 0 bridgehead atoms. The fourth-order valence-corrected chi connectivity index (χ4v) is 2.35. The fourth-order valence-electron chi connectivity index (χ4n) is 2.35. The minimum absolute atomic E-state index is 0.113. The predicted molar refractivity (Wildman–Crippen MR) is 82.2 cm³/mol. The van der Waals surface area contributed by atoms with E-state index in [9.17, 15) is 4.79 Å². The third-order valence-corrected chi connectivity index (χ3v) is 4.29. The second-order valence-corrected chi connectivity index (χ2v) is 6.09. The van der Waals surface area contributed by atoms with E-state index in [2.05, 4.69) is 45.0 Å². The van der Waals surface area contributed by atoms with E-state index < -0.39 is 0 Å². The Labute approximate surface area is 122 Å². The summed E-state index contributed by atoms with van der Waals surface area (Å²) in [5, 5.41) is 0. The zero-order valence-corrected chi connectivity index (χ0v) is 12.8. The van der Waals surface area contributed by atoms with Gasteiger partial charge in [-0.3, -0.25) is 4.79 Å². The molecule has 2 atom stereocenters. The lowest BCUT2D eigenvalue weighted by atomic mass is 9.98. The van der Waals surface area contributed by atoms with Crippen LogP contribution in [-0.4, -0.2) is 22.9 Å². The van der Waals surface area contributed by atoms with E-state index in [1.807, 2.05) is 4.90 Å². The first-order valence-corrected chi connectivity index (χ1v) is 7.64. The van der Waals surface area contributed by atoms with Gasteiger partial charge >= 0.3 is 0 Å². The van der Waals surface area contributed by atoms with Crippen LogP contribution in [0.1, 0.15) is 44.2 Å². The number of hydrogen-bond acceptors (Lipinski definition) is 2. The summed E-state index contributed by atoms with van der Waals surface area (Å²) in [6.45, 7) is 6.90. The highest BCUT2D eigenvalue weighted by Gasteiger charge is 2.35. The Balaban J connectivity index is 2.07. The SMILES string of the molecule is CCC(C)C(N)C(=O)N(Cc1ccc(C)cc1)C1CC1. The summed E-state index contributed by atoms with van der Waals surface area (Å²) in [6.07, 6.45) is 3.17.